The average molecular weight is 350 g/mol. The van der Waals surface area contributed by atoms with Gasteiger partial charge >= 0.3 is 11.9 Å². The molecule has 0 aromatic rings. The molecule has 0 spiro atoms. The Balaban J connectivity index is 1.12. The molecule has 0 aromatic carbocycles. The summed E-state index contributed by atoms with van der Waals surface area (Å²) >= 11 is 0. The Morgan fingerprint density at radius 1 is 1.16 bits per heavy atom. The molecule has 3 fully saturated rings. The van der Waals surface area contributed by atoms with Crippen LogP contribution in [0, 0.1) is 11.8 Å². The zero-order chi connectivity index (χ0) is 17.7. The summed E-state index contributed by atoms with van der Waals surface area (Å²) in [5.41, 5.74) is -0.0590. The number of esters is 2. The maximum Gasteiger partial charge on any atom is 0.317 e. The molecule has 6 heteroatoms. The summed E-state index contributed by atoms with van der Waals surface area (Å²) in [6.45, 7) is 4.79. The average Bonchev–Trinajstić information content (AvgIpc) is 3.21. The van der Waals surface area contributed by atoms with Crippen LogP contribution < -0.4 is 0 Å². The highest BCUT2D eigenvalue weighted by atomic mass is 16.6. The van der Waals surface area contributed by atoms with Crippen molar-refractivity contribution in [2.45, 2.75) is 69.4 Å². The maximum absolute atomic E-state index is 11.8. The molecular weight excluding hydrogens is 324 g/mol. The normalized spacial score (nSPS) is 43.6. The summed E-state index contributed by atoms with van der Waals surface area (Å²) in [6.07, 6.45) is 8.08. The van der Waals surface area contributed by atoms with Gasteiger partial charge in [0.15, 0.2) is 0 Å². The van der Waals surface area contributed by atoms with Crippen molar-refractivity contribution >= 4 is 11.9 Å². The van der Waals surface area contributed by atoms with E-state index in [9.17, 15) is 9.59 Å². The second kappa shape index (κ2) is 6.09. The predicted molar refractivity (Wildman–Crippen MR) is 87.7 cm³/mol. The van der Waals surface area contributed by atoms with Crippen molar-refractivity contribution in [3.63, 3.8) is 0 Å². The number of hydrogen-bond donors (Lipinski definition) is 0. The summed E-state index contributed by atoms with van der Waals surface area (Å²) in [4.78, 5) is 23.6. The molecule has 1 saturated carbocycles. The standard InChI is InChI=1S/C19H26O6/c1-18-5-4-13(14(9-18)24-18)11-23-17(21)8-16(20)22-10-12-3-6-19(2)15(7-12)25-19/h4-5,12-15H,3,6-11H2,1-2H3/t12?,13?,14?,15?,18-,19?/m1/s1. The van der Waals surface area contributed by atoms with Gasteiger partial charge in [-0.25, -0.2) is 0 Å². The zero-order valence-electron chi connectivity index (χ0n) is 14.9. The van der Waals surface area contributed by atoms with Gasteiger partial charge in [0.05, 0.1) is 30.0 Å². The lowest BCUT2D eigenvalue weighted by molar-refractivity contribution is -0.199. The first-order chi connectivity index (χ1) is 11.9. The van der Waals surface area contributed by atoms with E-state index in [0.29, 0.717) is 18.6 Å². The highest BCUT2D eigenvalue weighted by Gasteiger charge is 2.55. The smallest absolute Gasteiger partial charge is 0.317 e. The van der Waals surface area contributed by atoms with Gasteiger partial charge in [-0.15, -0.1) is 0 Å². The molecule has 5 rings (SSSR count). The van der Waals surface area contributed by atoms with Gasteiger partial charge in [-0.3, -0.25) is 9.59 Å². The lowest BCUT2D eigenvalue weighted by Gasteiger charge is -2.50. The van der Waals surface area contributed by atoms with E-state index in [1.165, 1.54) is 0 Å². The molecule has 0 aromatic heterocycles. The fourth-order valence-corrected chi connectivity index (χ4v) is 4.19. The van der Waals surface area contributed by atoms with Crippen LogP contribution in [0.25, 0.3) is 0 Å². The Kier molecular flexibility index (Phi) is 4.15. The van der Waals surface area contributed by atoms with Crippen LogP contribution in [0.3, 0.4) is 0 Å². The third-order valence-electron chi connectivity index (χ3n) is 6.04. The number of epoxide rings is 1. The largest absolute Gasteiger partial charge is 0.465 e. The van der Waals surface area contributed by atoms with Crippen LogP contribution in [-0.4, -0.2) is 48.6 Å². The van der Waals surface area contributed by atoms with Gasteiger partial charge in [-0.05, 0) is 39.0 Å². The van der Waals surface area contributed by atoms with Gasteiger partial charge in [-0.2, -0.15) is 0 Å². The molecule has 5 unspecified atom stereocenters. The van der Waals surface area contributed by atoms with E-state index in [2.05, 4.69) is 6.92 Å². The molecule has 6 atom stereocenters. The second-order valence-corrected chi connectivity index (χ2v) is 8.30. The Morgan fingerprint density at radius 2 is 1.88 bits per heavy atom. The van der Waals surface area contributed by atoms with Crippen LogP contribution in [0.2, 0.25) is 0 Å². The molecule has 0 amide bonds. The molecule has 6 nitrogen and oxygen atoms in total. The van der Waals surface area contributed by atoms with E-state index >= 15 is 0 Å². The van der Waals surface area contributed by atoms with Crippen LogP contribution in [-0.2, 0) is 28.5 Å². The number of carbonyl (C=O) groups excluding carboxylic acids is 2. The van der Waals surface area contributed by atoms with Crippen LogP contribution >= 0.6 is 0 Å². The molecular formula is C19H26O6. The van der Waals surface area contributed by atoms with E-state index in [4.69, 9.17) is 18.9 Å². The van der Waals surface area contributed by atoms with Crippen molar-refractivity contribution in [1.82, 2.24) is 0 Å². The Hall–Kier alpha value is -1.40. The van der Waals surface area contributed by atoms with Crippen molar-refractivity contribution in [2.75, 3.05) is 13.2 Å². The monoisotopic (exact) mass is 350 g/mol. The van der Waals surface area contributed by atoms with Crippen LogP contribution in [0.4, 0.5) is 0 Å². The molecule has 3 aliphatic heterocycles. The van der Waals surface area contributed by atoms with Crippen molar-refractivity contribution in [3.8, 4) is 0 Å². The summed E-state index contributed by atoms with van der Waals surface area (Å²) in [7, 11) is 0. The van der Waals surface area contributed by atoms with Crippen molar-refractivity contribution < 1.29 is 28.5 Å². The molecule has 2 aliphatic carbocycles. The van der Waals surface area contributed by atoms with Gasteiger partial charge < -0.3 is 18.9 Å². The summed E-state index contributed by atoms with van der Waals surface area (Å²) < 4.78 is 21.8. The van der Waals surface area contributed by atoms with Crippen LogP contribution in [0.5, 0.6) is 0 Å². The minimum Gasteiger partial charge on any atom is -0.465 e. The van der Waals surface area contributed by atoms with Gasteiger partial charge in [-0.1, -0.05) is 12.2 Å². The topological polar surface area (TPSA) is 74.4 Å². The number of rotatable bonds is 6. The van der Waals surface area contributed by atoms with E-state index in [0.717, 1.165) is 25.7 Å². The summed E-state index contributed by atoms with van der Waals surface area (Å²) in [5.74, 6) is -0.635. The van der Waals surface area contributed by atoms with E-state index in [1.807, 2.05) is 19.1 Å². The first-order valence-corrected chi connectivity index (χ1v) is 9.21. The lowest BCUT2D eigenvalue weighted by atomic mass is 9.78. The van der Waals surface area contributed by atoms with Gasteiger partial charge in [0.1, 0.15) is 13.0 Å². The van der Waals surface area contributed by atoms with E-state index in [-0.39, 0.29) is 36.3 Å². The first kappa shape index (κ1) is 17.0. The minimum absolute atomic E-state index is 0.0689. The van der Waals surface area contributed by atoms with Crippen LogP contribution in [0.15, 0.2) is 12.2 Å². The van der Waals surface area contributed by atoms with Crippen LogP contribution in [0.1, 0.15) is 46.0 Å². The minimum atomic E-state index is -0.534. The highest BCUT2D eigenvalue weighted by Crippen LogP contribution is 2.49. The summed E-state index contributed by atoms with van der Waals surface area (Å²) in [6, 6.07) is 0. The second-order valence-electron chi connectivity index (χ2n) is 8.30. The number of carbonyl (C=O) groups is 2. The molecule has 0 radical (unpaired) electrons. The highest BCUT2D eigenvalue weighted by molar-refractivity contribution is 5.91. The number of fused-ring (bicyclic) bond motifs is 2. The number of hydrogen-bond acceptors (Lipinski definition) is 6. The molecule has 3 heterocycles. The maximum atomic E-state index is 11.8. The third kappa shape index (κ3) is 3.60. The number of ether oxygens (including phenoxy) is 4. The summed E-state index contributed by atoms with van der Waals surface area (Å²) in [5, 5.41) is 0. The van der Waals surface area contributed by atoms with Crippen molar-refractivity contribution in [3.05, 3.63) is 12.2 Å². The van der Waals surface area contributed by atoms with Gasteiger partial charge in [0.2, 0.25) is 0 Å². The molecule has 0 N–H and O–H groups in total. The fraction of sp³-hybridized carbons (Fsp3) is 0.789. The fourth-order valence-electron chi connectivity index (χ4n) is 4.19. The van der Waals surface area contributed by atoms with Gasteiger partial charge in [0, 0.05) is 12.3 Å². The third-order valence-corrected chi connectivity index (χ3v) is 6.04. The molecule has 5 aliphatic rings. The Morgan fingerprint density at radius 3 is 2.52 bits per heavy atom. The van der Waals surface area contributed by atoms with E-state index < -0.39 is 11.9 Å². The molecule has 138 valence electrons. The van der Waals surface area contributed by atoms with Gasteiger partial charge in [0.25, 0.3) is 0 Å². The van der Waals surface area contributed by atoms with Crippen molar-refractivity contribution in [1.29, 1.82) is 0 Å². The van der Waals surface area contributed by atoms with Crippen molar-refractivity contribution in [2.24, 2.45) is 11.8 Å². The molecule has 2 saturated heterocycles. The lowest BCUT2D eigenvalue weighted by Crippen LogP contribution is -2.54. The van der Waals surface area contributed by atoms with E-state index in [1.54, 1.807) is 0 Å². The quantitative estimate of drug-likeness (QED) is 0.316. The Bertz CT molecular complexity index is 593. The zero-order valence-corrected chi connectivity index (χ0v) is 14.9. The molecule has 25 heavy (non-hydrogen) atoms. The SMILES string of the molecule is CC12CCC(COC(=O)CC(=O)OCC3C=C[C@]4(C)CC3O4)CC1O2. The Labute approximate surface area is 147 Å². The molecule has 2 bridgehead atoms. The predicted octanol–water partition coefficient (Wildman–Crippen LogP) is 2.15. The first-order valence-electron chi connectivity index (χ1n) is 9.21.